The van der Waals surface area contributed by atoms with Crippen molar-refractivity contribution in [2.24, 2.45) is 5.73 Å². The fourth-order valence-corrected chi connectivity index (χ4v) is 2.15. The van der Waals surface area contributed by atoms with Crippen molar-refractivity contribution in [2.75, 3.05) is 6.61 Å². The zero-order valence-electron chi connectivity index (χ0n) is 12.4. The Bertz CT molecular complexity index is 319. The number of rotatable bonds is 11. The van der Waals surface area contributed by atoms with Crippen LogP contribution in [-0.2, 0) is 6.54 Å². The van der Waals surface area contributed by atoms with Gasteiger partial charge in [0.05, 0.1) is 6.61 Å². The third-order valence-corrected chi connectivity index (χ3v) is 3.43. The van der Waals surface area contributed by atoms with Crippen molar-refractivity contribution >= 4 is 36.2 Å². The predicted molar refractivity (Wildman–Crippen MR) is 99.5 cm³/mol. The molecule has 0 fully saturated rings. The molecule has 0 atom stereocenters. The first-order valence-electron chi connectivity index (χ1n) is 7.78. The van der Waals surface area contributed by atoms with Crippen molar-refractivity contribution in [3.63, 3.8) is 0 Å². The Balaban J connectivity index is 0. The monoisotopic (exact) mass is 301 g/mol. The summed E-state index contributed by atoms with van der Waals surface area (Å²) in [5.74, 6) is 0.958. The molecule has 116 valence electrons. The summed E-state index contributed by atoms with van der Waals surface area (Å²) in [6.45, 7) is 3.69. The van der Waals surface area contributed by atoms with E-state index in [1.807, 2.05) is 24.3 Å². The number of hydrogen-bond donors (Lipinski definition) is 1. The van der Waals surface area contributed by atoms with Crippen LogP contribution < -0.4 is 10.5 Å². The molecule has 0 unspecified atom stereocenters. The van der Waals surface area contributed by atoms with Crippen LogP contribution in [0.25, 0.3) is 0 Å². The van der Waals surface area contributed by atoms with E-state index in [0.29, 0.717) is 6.54 Å². The molecule has 0 radical (unpaired) electrons. The predicted octanol–water partition coefficient (Wildman–Crippen LogP) is 2.83. The van der Waals surface area contributed by atoms with Gasteiger partial charge in [0.25, 0.3) is 0 Å². The molecule has 0 saturated heterocycles. The zero-order chi connectivity index (χ0) is 13.8. The van der Waals surface area contributed by atoms with Gasteiger partial charge in [-0.25, -0.2) is 0 Å². The third-order valence-electron chi connectivity index (χ3n) is 3.43. The van der Waals surface area contributed by atoms with Crippen LogP contribution in [0.3, 0.4) is 0 Å². The van der Waals surface area contributed by atoms with E-state index < -0.39 is 0 Å². The van der Waals surface area contributed by atoms with Gasteiger partial charge in [-0.3, -0.25) is 0 Å². The first kappa shape index (κ1) is 23.4. The number of ether oxygens (including phenoxy) is 1. The van der Waals surface area contributed by atoms with Crippen LogP contribution in [0.2, 0.25) is 0 Å². The molecular weight excluding hydrogens is 268 g/mol. The molecule has 1 aromatic rings. The number of nitrogens with two attached hydrogens (primary N) is 1. The molecule has 0 bridgehead atoms. The van der Waals surface area contributed by atoms with Gasteiger partial charge in [-0.2, -0.15) is 0 Å². The van der Waals surface area contributed by atoms with Gasteiger partial charge in [-0.1, -0.05) is 64.0 Å². The molecule has 0 amide bonds. The summed E-state index contributed by atoms with van der Waals surface area (Å²) in [5, 5.41) is 0. The number of benzene rings is 1. The molecule has 0 aliphatic carbocycles. The molecule has 0 aliphatic heterocycles. The van der Waals surface area contributed by atoms with E-state index in [2.05, 4.69) is 6.92 Å². The topological polar surface area (TPSA) is 35.2 Å². The molecule has 0 spiro atoms. The van der Waals surface area contributed by atoms with Crippen LogP contribution in [-0.4, -0.2) is 42.8 Å². The van der Waals surface area contributed by atoms with E-state index >= 15 is 0 Å². The van der Waals surface area contributed by atoms with Crippen LogP contribution in [0, 0.1) is 0 Å². The van der Waals surface area contributed by atoms with Crippen LogP contribution in [0.4, 0.5) is 0 Å². The molecule has 0 aromatic heterocycles. The zero-order valence-corrected chi connectivity index (χ0v) is 12.4. The van der Waals surface area contributed by atoms with E-state index in [-0.39, 0.29) is 36.2 Å². The molecule has 0 saturated carbocycles. The summed E-state index contributed by atoms with van der Waals surface area (Å²) in [6.07, 6.45) is 10.7. The van der Waals surface area contributed by atoms with Crippen molar-refractivity contribution in [1.29, 1.82) is 0 Å². The number of unbranched alkanes of at least 4 members (excludes halogenated alkanes) is 7. The van der Waals surface area contributed by atoms with Crippen LogP contribution >= 0.6 is 0 Å². The minimum absolute atomic E-state index is 0. The van der Waals surface area contributed by atoms with E-state index in [1.54, 1.807) is 0 Å². The van der Waals surface area contributed by atoms with Gasteiger partial charge < -0.3 is 10.5 Å². The molecular formula is C17H33AlLiNO. The summed E-state index contributed by atoms with van der Waals surface area (Å²) < 4.78 is 5.71. The van der Waals surface area contributed by atoms with Gasteiger partial charge in [0.1, 0.15) is 5.75 Å². The maximum absolute atomic E-state index is 5.71. The first-order valence-corrected chi connectivity index (χ1v) is 7.78. The molecule has 2 N–H and O–H groups in total. The van der Waals surface area contributed by atoms with Gasteiger partial charge in [0, 0.05) is 6.54 Å². The van der Waals surface area contributed by atoms with Gasteiger partial charge in [0.2, 0.25) is 0 Å². The summed E-state index contributed by atoms with van der Waals surface area (Å²) >= 11 is 0. The van der Waals surface area contributed by atoms with Crippen LogP contribution in [0.1, 0.15) is 63.9 Å². The fraction of sp³-hybridized carbons (Fsp3) is 0.647. The first-order chi connectivity index (χ1) is 9.36. The Labute approximate surface area is 153 Å². The molecule has 1 aromatic carbocycles. The number of hydrogen-bond acceptors (Lipinski definition) is 2. The van der Waals surface area contributed by atoms with Gasteiger partial charge >= 0.3 is 18.9 Å². The van der Waals surface area contributed by atoms with Crippen LogP contribution in [0.5, 0.6) is 5.75 Å². The van der Waals surface area contributed by atoms with E-state index in [9.17, 15) is 0 Å². The van der Waals surface area contributed by atoms with Crippen molar-refractivity contribution in [3.8, 4) is 5.75 Å². The van der Waals surface area contributed by atoms with Gasteiger partial charge in [0.15, 0.2) is 17.4 Å². The summed E-state index contributed by atoms with van der Waals surface area (Å²) in [6, 6.07) is 8.08. The Morgan fingerprint density at radius 3 is 1.90 bits per heavy atom. The minimum atomic E-state index is 0. The fourth-order valence-electron chi connectivity index (χ4n) is 2.15. The second kappa shape index (κ2) is 16.5. The van der Waals surface area contributed by atoms with Crippen molar-refractivity contribution in [3.05, 3.63) is 29.8 Å². The summed E-state index contributed by atoms with van der Waals surface area (Å²) in [5.41, 5.74) is 6.71. The molecule has 21 heavy (non-hydrogen) atoms. The summed E-state index contributed by atoms with van der Waals surface area (Å²) in [7, 11) is 0. The second-order valence-electron chi connectivity index (χ2n) is 5.17. The average molecular weight is 301 g/mol. The average Bonchev–Trinajstić information content (AvgIpc) is 2.46. The molecule has 4 heteroatoms. The Hall–Kier alpha value is 0.110. The standard InChI is InChI=1S/C17H29NO.Al.Li.4H/c1-2-3-4-5-6-7-8-9-14-19-17-12-10-16(15-18)11-13-17;;;;;;/h10-13H,2-9,14-15,18H2,1H3;;;;;;. The van der Waals surface area contributed by atoms with Gasteiger partial charge in [-0.15, -0.1) is 0 Å². The quantitative estimate of drug-likeness (QED) is 0.504. The van der Waals surface area contributed by atoms with E-state index in [4.69, 9.17) is 10.5 Å². The second-order valence-corrected chi connectivity index (χ2v) is 5.17. The Morgan fingerprint density at radius 2 is 1.38 bits per heavy atom. The molecule has 0 aliphatic rings. The van der Waals surface area contributed by atoms with E-state index in [1.165, 1.54) is 44.9 Å². The Kier molecular flexibility index (Phi) is 18.3. The third kappa shape index (κ3) is 12.3. The van der Waals surface area contributed by atoms with Crippen LogP contribution in [0.15, 0.2) is 24.3 Å². The molecule has 0 heterocycles. The van der Waals surface area contributed by atoms with E-state index in [0.717, 1.165) is 24.3 Å². The molecule has 2 nitrogen and oxygen atoms in total. The maximum atomic E-state index is 5.71. The summed E-state index contributed by atoms with van der Waals surface area (Å²) in [4.78, 5) is 0. The van der Waals surface area contributed by atoms with Crippen molar-refractivity contribution < 1.29 is 4.74 Å². The van der Waals surface area contributed by atoms with Crippen molar-refractivity contribution in [1.82, 2.24) is 0 Å². The Morgan fingerprint density at radius 1 is 0.857 bits per heavy atom. The normalized spacial score (nSPS) is 9.62. The van der Waals surface area contributed by atoms with Crippen molar-refractivity contribution in [2.45, 2.75) is 64.8 Å². The SMILES string of the molecule is CCCCCCCCCCOc1ccc(CN)cc1.[AlH3].[LiH]. The molecule has 1 rings (SSSR count). The van der Waals surface area contributed by atoms with Gasteiger partial charge in [-0.05, 0) is 24.1 Å².